The molecule has 2 N–H and O–H groups in total. The molecule has 0 amide bonds. The van der Waals surface area contributed by atoms with Crippen LogP contribution in [0.15, 0.2) is 29.5 Å². The van der Waals surface area contributed by atoms with Crippen molar-refractivity contribution in [1.29, 1.82) is 0 Å². The molecule has 1 aromatic heterocycles. The van der Waals surface area contributed by atoms with E-state index in [9.17, 15) is 0 Å². The van der Waals surface area contributed by atoms with Crippen LogP contribution in [0.3, 0.4) is 0 Å². The van der Waals surface area contributed by atoms with Crippen LogP contribution in [0, 0.1) is 0 Å². The van der Waals surface area contributed by atoms with Gasteiger partial charge in [0.1, 0.15) is 0 Å². The van der Waals surface area contributed by atoms with E-state index >= 15 is 0 Å². The van der Waals surface area contributed by atoms with Crippen LogP contribution in [-0.2, 0) is 0 Å². The van der Waals surface area contributed by atoms with Gasteiger partial charge in [-0.1, -0.05) is 6.07 Å². The van der Waals surface area contributed by atoms with E-state index < -0.39 is 0 Å². The fourth-order valence-electron chi connectivity index (χ4n) is 0.529. The highest BCUT2D eigenvalue weighted by molar-refractivity contribution is 5.76. The molecular formula is C6H7N3. The van der Waals surface area contributed by atoms with Gasteiger partial charge in [0, 0.05) is 6.20 Å². The van der Waals surface area contributed by atoms with Gasteiger partial charge in [-0.15, -0.1) is 0 Å². The van der Waals surface area contributed by atoms with Crippen LogP contribution in [0.1, 0.15) is 5.69 Å². The molecule has 0 fully saturated rings. The smallest absolute Gasteiger partial charge is 0.0830 e. The molecule has 3 nitrogen and oxygen atoms in total. The zero-order valence-electron chi connectivity index (χ0n) is 4.86. The van der Waals surface area contributed by atoms with Crippen LogP contribution >= 0.6 is 0 Å². The van der Waals surface area contributed by atoms with Gasteiger partial charge in [0.15, 0.2) is 0 Å². The number of hydrazone groups is 1. The summed E-state index contributed by atoms with van der Waals surface area (Å²) in [5.74, 6) is 4.89. The largest absolute Gasteiger partial charge is 0.323 e. The van der Waals surface area contributed by atoms with Gasteiger partial charge in [-0.2, -0.15) is 5.10 Å². The molecular weight excluding hydrogens is 114 g/mol. The van der Waals surface area contributed by atoms with Gasteiger partial charge >= 0.3 is 0 Å². The summed E-state index contributed by atoms with van der Waals surface area (Å²) in [6.45, 7) is 0. The lowest BCUT2D eigenvalue weighted by Crippen LogP contribution is -1.88. The summed E-state index contributed by atoms with van der Waals surface area (Å²) in [5, 5.41) is 3.32. The monoisotopic (exact) mass is 121 g/mol. The normalized spacial score (nSPS) is 10.2. The van der Waals surface area contributed by atoms with Crippen molar-refractivity contribution in [3.63, 3.8) is 0 Å². The van der Waals surface area contributed by atoms with E-state index in [1.54, 1.807) is 6.20 Å². The molecule has 0 aliphatic rings. The second kappa shape index (κ2) is 2.81. The molecule has 0 radical (unpaired) electrons. The van der Waals surface area contributed by atoms with Crippen molar-refractivity contribution >= 4 is 6.21 Å². The van der Waals surface area contributed by atoms with E-state index in [0.29, 0.717) is 0 Å². The first kappa shape index (κ1) is 5.75. The SMILES string of the molecule is N/N=C/c1ccccn1. The minimum absolute atomic E-state index is 0.778. The molecule has 3 heteroatoms. The van der Waals surface area contributed by atoms with Gasteiger partial charge in [0.05, 0.1) is 11.9 Å². The number of pyridine rings is 1. The summed E-state index contributed by atoms with van der Waals surface area (Å²) in [7, 11) is 0. The molecule has 0 saturated carbocycles. The average molecular weight is 121 g/mol. The number of hydrogen-bond donors (Lipinski definition) is 1. The quantitative estimate of drug-likeness (QED) is 0.331. The van der Waals surface area contributed by atoms with Gasteiger partial charge in [-0.3, -0.25) is 4.98 Å². The maximum Gasteiger partial charge on any atom is 0.0830 e. The summed E-state index contributed by atoms with van der Waals surface area (Å²) < 4.78 is 0. The van der Waals surface area contributed by atoms with Gasteiger partial charge < -0.3 is 5.84 Å². The van der Waals surface area contributed by atoms with Gasteiger partial charge in [0.25, 0.3) is 0 Å². The van der Waals surface area contributed by atoms with E-state index in [0.717, 1.165) is 5.69 Å². The molecule has 0 saturated heterocycles. The van der Waals surface area contributed by atoms with Crippen molar-refractivity contribution in [3.05, 3.63) is 30.1 Å². The molecule has 9 heavy (non-hydrogen) atoms. The zero-order valence-corrected chi connectivity index (χ0v) is 4.86. The lowest BCUT2D eigenvalue weighted by Gasteiger charge is -1.85. The summed E-state index contributed by atoms with van der Waals surface area (Å²) in [6.07, 6.45) is 3.19. The number of aromatic nitrogens is 1. The molecule has 0 atom stereocenters. The number of hydrogen-bond acceptors (Lipinski definition) is 3. The third-order valence-electron chi connectivity index (χ3n) is 0.895. The second-order valence-electron chi connectivity index (χ2n) is 1.53. The van der Waals surface area contributed by atoms with Crippen molar-refractivity contribution in [2.24, 2.45) is 10.9 Å². The molecule has 0 bridgehead atoms. The maximum absolute atomic E-state index is 4.89. The van der Waals surface area contributed by atoms with E-state index in [2.05, 4.69) is 10.1 Å². The van der Waals surface area contributed by atoms with Gasteiger partial charge in [-0.25, -0.2) is 0 Å². The molecule has 0 unspecified atom stereocenters. The lowest BCUT2D eigenvalue weighted by molar-refractivity contribution is 1.23. The minimum atomic E-state index is 0.778. The Kier molecular flexibility index (Phi) is 1.80. The first-order valence-electron chi connectivity index (χ1n) is 2.58. The van der Waals surface area contributed by atoms with E-state index in [1.807, 2.05) is 18.2 Å². The van der Waals surface area contributed by atoms with E-state index in [4.69, 9.17) is 5.84 Å². The van der Waals surface area contributed by atoms with E-state index in [1.165, 1.54) is 6.21 Å². The summed E-state index contributed by atoms with van der Waals surface area (Å²) in [6, 6.07) is 5.55. The Morgan fingerprint density at radius 3 is 3.00 bits per heavy atom. The molecule has 1 aromatic rings. The topological polar surface area (TPSA) is 51.3 Å². The zero-order chi connectivity index (χ0) is 6.53. The van der Waals surface area contributed by atoms with Gasteiger partial charge in [-0.05, 0) is 12.1 Å². The Labute approximate surface area is 53.2 Å². The first-order valence-corrected chi connectivity index (χ1v) is 2.58. The number of rotatable bonds is 1. The number of nitrogens with zero attached hydrogens (tertiary/aromatic N) is 2. The highest BCUT2D eigenvalue weighted by Crippen LogP contribution is 1.86. The van der Waals surface area contributed by atoms with Crippen LogP contribution in [0.5, 0.6) is 0 Å². The van der Waals surface area contributed by atoms with Gasteiger partial charge in [0.2, 0.25) is 0 Å². The highest BCUT2D eigenvalue weighted by atomic mass is 15.1. The molecule has 1 rings (SSSR count). The first-order chi connectivity index (χ1) is 4.43. The second-order valence-corrected chi connectivity index (χ2v) is 1.53. The standard InChI is InChI=1S/C6H7N3/c7-9-5-6-3-1-2-4-8-6/h1-5H,7H2/b9-5+. The Morgan fingerprint density at radius 2 is 2.44 bits per heavy atom. The molecule has 0 aliphatic carbocycles. The van der Waals surface area contributed by atoms with Crippen LogP contribution < -0.4 is 5.84 Å². The molecule has 1 heterocycles. The predicted molar refractivity (Wildman–Crippen MR) is 36.0 cm³/mol. The fraction of sp³-hybridized carbons (Fsp3) is 0. The Morgan fingerprint density at radius 1 is 1.56 bits per heavy atom. The van der Waals surface area contributed by atoms with Crippen LogP contribution in [0.2, 0.25) is 0 Å². The van der Waals surface area contributed by atoms with Crippen molar-refractivity contribution < 1.29 is 0 Å². The van der Waals surface area contributed by atoms with E-state index in [-0.39, 0.29) is 0 Å². The molecule has 46 valence electrons. The number of nitrogens with two attached hydrogens (primary N) is 1. The van der Waals surface area contributed by atoms with Crippen molar-refractivity contribution in [1.82, 2.24) is 4.98 Å². The maximum atomic E-state index is 4.89. The summed E-state index contributed by atoms with van der Waals surface area (Å²) >= 11 is 0. The molecule has 0 aromatic carbocycles. The van der Waals surface area contributed by atoms with Crippen LogP contribution in [0.25, 0.3) is 0 Å². The Hall–Kier alpha value is -1.38. The minimum Gasteiger partial charge on any atom is -0.323 e. The third-order valence-corrected chi connectivity index (χ3v) is 0.895. The van der Waals surface area contributed by atoms with Crippen LogP contribution in [-0.4, -0.2) is 11.2 Å². The summed E-state index contributed by atoms with van der Waals surface area (Å²) in [4.78, 5) is 3.94. The molecule has 0 spiro atoms. The van der Waals surface area contributed by atoms with Crippen molar-refractivity contribution in [2.75, 3.05) is 0 Å². The highest BCUT2D eigenvalue weighted by Gasteiger charge is 1.81. The third kappa shape index (κ3) is 1.53. The van der Waals surface area contributed by atoms with Crippen LogP contribution in [0.4, 0.5) is 0 Å². The molecule has 0 aliphatic heterocycles. The van der Waals surface area contributed by atoms with Crippen molar-refractivity contribution in [2.45, 2.75) is 0 Å². The predicted octanol–water partition coefficient (Wildman–Crippen LogP) is 0.374. The average Bonchev–Trinajstić information content (AvgIpc) is 1.91. The lowest BCUT2D eigenvalue weighted by atomic mass is 10.4. The Bertz CT molecular complexity index is 193. The fourth-order valence-corrected chi connectivity index (χ4v) is 0.529. The summed E-state index contributed by atoms with van der Waals surface area (Å²) in [5.41, 5.74) is 0.778. The Balaban J connectivity index is 2.85. The van der Waals surface area contributed by atoms with Crippen molar-refractivity contribution in [3.8, 4) is 0 Å².